The summed E-state index contributed by atoms with van der Waals surface area (Å²) in [4.78, 5) is 4.12. The van der Waals surface area contributed by atoms with Gasteiger partial charge in [-0.1, -0.05) is 12.1 Å². The molecule has 24 heavy (non-hydrogen) atoms. The largest absolute Gasteiger partial charge is 0.484 e. The Morgan fingerprint density at radius 3 is 2.62 bits per heavy atom. The van der Waals surface area contributed by atoms with Crippen LogP contribution in [0.25, 0.3) is 0 Å². The zero-order chi connectivity index (χ0) is 17.5. The normalized spacial score (nSPS) is 13.2. The van der Waals surface area contributed by atoms with Crippen molar-refractivity contribution in [1.29, 1.82) is 0 Å². The van der Waals surface area contributed by atoms with Gasteiger partial charge in [0, 0.05) is 18.7 Å². The van der Waals surface area contributed by atoms with E-state index in [4.69, 9.17) is 15.2 Å². The van der Waals surface area contributed by atoms with Crippen molar-refractivity contribution in [1.82, 2.24) is 5.32 Å². The van der Waals surface area contributed by atoms with E-state index in [0.29, 0.717) is 12.2 Å². The molecule has 9 heteroatoms. The Hall–Kier alpha value is -1.23. The van der Waals surface area contributed by atoms with Crippen LogP contribution in [0.15, 0.2) is 23.2 Å². The van der Waals surface area contributed by atoms with Crippen LogP contribution in [-0.2, 0) is 11.3 Å². The summed E-state index contributed by atoms with van der Waals surface area (Å²) in [6.07, 6.45) is -4.39. The lowest BCUT2D eigenvalue weighted by atomic mass is 10.1. The predicted octanol–water partition coefficient (Wildman–Crippen LogP) is 2.99. The molecule has 0 saturated heterocycles. The fraction of sp³-hybridized carbons (Fsp3) is 0.533. The zero-order valence-corrected chi connectivity index (χ0v) is 16.1. The van der Waals surface area contributed by atoms with Crippen molar-refractivity contribution in [2.45, 2.75) is 32.6 Å². The van der Waals surface area contributed by atoms with E-state index in [1.165, 1.54) is 0 Å². The molecule has 0 amide bonds. The number of hydrogen-bond acceptors (Lipinski definition) is 3. The first-order valence-corrected chi connectivity index (χ1v) is 7.05. The number of nitrogens with zero attached hydrogens (tertiary/aromatic N) is 1. The smallest absolute Gasteiger partial charge is 0.422 e. The molecule has 0 radical (unpaired) electrons. The molecule has 138 valence electrons. The van der Waals surface area contributed by atoms with E-state index in [1.807, 2.05) is 6.92 Å². The van der Waals surface area contributed by atoms with Gasteiger partial charge in [-0.3, -0.25) is 0 Å². The number of methoxy groups -OCH3 is 1. The fourth-order valence-corrected chi connectivity index (χ4v) is 1.85. The third-order valence-corrected chi connectivity index (χ3v) is 2.84. The monoisotopic (exact) mass is 461 g/mol. The average Bonchev–Trinajstić information content (AvgIpc) is 2.43. The van der Waals surface area contributed by atoms with Crippen LogP contribution in [0.3, 0.4) is 0 Å². The summed E-state index contributed by atoms with van der Waals surface area (Å²) in [5.74, 6) is 0.348. The van der Waals surface area contributed by atoms with Gasteiger partial charge in [-0.15, -0.1) is 24.0 Å². The second-order valence-electron chi connectivity index (χ2n) is 5.22. The molecule has 1 atom stereocenters. The second kappa shape index (κ2) is 10.6. The van der Waals surface area contributed by atoms with Gasteiger partial charge in [0.2, 0.25) is 0 Å². The molecule has 1 aromatic rings. The van der Waals surface area contributed by atoms with Crippen LogP contribution in [0, 0.1) is 6.92 Å². The van der Waals surface area contributed by atoms with Crippen LogP contribution in [-0.4, -0.2) is 38.5 Å². The minimum absolute atomic E-state index is 0. The minimum atomic E-state index is -4.39. The van der Waals surface area contributed by atoms with Gasteiger partial charge in [-0.05, 0) is 25.5 Å². The van der Waals surface area contributed by atoms with Crippen LogP contribution in [0.5, 0.6) is 5.75 Å². The number of nitrogens with one attached hydrogen (secondary N) is 1. The Morgan fingerprint density at radius 1 is 1.38 bits per heavy atom. The number of rotatable bonds is 7. The van der Waals surface area contributed by atoms with Crippen molar-refractivity contribution in [2.24, 2.45) is 10.7 Å². The molecular formula is C15H23F3IN3O2. The number of alkyl halides is 3. The Morgan fingerprint density at radius 2 is 2.04 bits per heavy atom. The third kappa shape index (κ3) is 9.16. The highest BCUT2D eigenvalue weighted by atomic mass is 127. The Bertz CT molecular complexity index is 539. The predicted molar refractivity (Wildman–Crippen MR) is 97.9 cm³/mol. The third-order valence-electron chi connectivity index (χ3n) is 2.84. The van der Waals surface area contributed by atoms with Gasteiger partial charge in [0.1, 0.15) is 5.75 Å². The van der Waals surface area contributed by atoms with E-state index in [-0.39, 0.29) is 48.3 Å². The minimum Gasteiger partial charge on any atom is -0.484 e. The molecule has 0 heterocycles. The van der Waals surface area contributed by atoms with Crippen molar-refractivity contribution in [3.8, 4) is 5.75 Å². The van der Waals surface area contributed by atoms with Crippen LogP contribution < -0.4 is 15.8 Å². The number of ether oxygens (including phenoxy) is 2. The summed E-state index contributed by atoms with van der Waals surface area (Å²) in [7, 11) is 1.57. The lowest BCUT2D eigenvalue weighted by molar-refractivity contribution is -0.153. The van der Waals surface area contributed by atoms with Crippen molar-refractivity contribution in [3.05, 3.63) is 29.3 Å². The molecule has 1 aromatic carbocycles. The number of guanidine groups is 1. The topological polar surface area (TPSA) is 68.9 Å². The van der Waals surface area contributed by atoms with E-state index < -0.39 is 12.8 Å². The van der Waals surface area contributed by atoms with E-state index in [0.717, 1.165) is 5.56 Å². The number of aryl methyl sites for hydroxylation is 1. The molecule has 0 aromatic heterocycles. The first-order chi connectivity index (χ1) is 10.7. The molecule has 0 aliphatic heterocycles. The highest BCUT2D eigenvalue weighted by Gasteiger charge is 2.28. The van der Waals surface area contributed by atoms with Crippen LogP contribution >= 0.6 is 24.0 Å². The number of aliphatic imine (C=N–C) groups is 1. The number of nitrogens with two attached hydrogens (primary N) is 1. The van der Waals surface area contributed by atoms with Crippen LogP contribution in [0.4, 0.5) is 13.2 Å². The van der Waals surface area contributed by atoms with E-state index in [1.54, 1.807) is 32.2 Å². The van der Waals surface area contributed by atoms with Crippen molar-refractivity contribution < 1.29 is 22.6 Å². The van der Waals surface area contributed by atoms with E-state index in [9.17, 15) is 13.2 Å². The lowest BCUT2D eigenvalue weighted by Gasteiger charge is -2.15. The summed E-state index contributed by atoms with van der Waals surface area (Å²) in [6.45, 7) is 2.88. The molecule has 3 N–H and O–H groups in total. The Balaban J connectivity index is 0.00000529. The molecule has 1 rings (SSSR count). The summed E-state index contributed by atoms with van der Waals surface area (Å²) in [5, 5.41) is 2.92. The van der Waals surface area contributed by atoms with E-state index >= 15 is 0 Å². The van der Waals surface area contributed by atoms with E-state index in [2.05, 4.69) is 10.3 Å². The molecule has 0 aliphatic rings. The maximum Gasteiger partial charge on any atom is 0.422 e. The lowest BCUT2D eigenvalue weighted by Crippen LogP contribution is -2.40. The van der Waals surface area contributed by atoms with Crippen LogP contribution in [0.1, 0.15) is 18.1 Å². The van der Waals surface area contributed by atoms with Gasteiger partial charge in [0.15, 0.2) is 12.6 Å². The first kappa shape index (κ1) is 22.8. The van der Waals surface area contributed by atoms with Crippen molar-refractivity contribution in [3.63, 3.8) is 0 Å². The van der Waals surface area contributed by atoms with Gasteiger partial charge < -0.3 is 20.5 Å². The number of hydrogen-bond donors (Lipinski definition) is 2. The van der Waals surface area contributed by atoms with Crippen molar-refractivity contribution in [2.75, 3.05) is 20.3 Å². The fourth-order valence-electron chi connectivity index (χ4n) is 1.85. The maximum absolute atomic E-state index is 12.3. The number of halogens is 4. The number of benzene rings is 1. The molecule has 0 aliphatic carbocycles. The summed E-state index contributed by atoms with van der Waals surface area (Å²) < 4.78 is 46.8. The molecule has 0 saturated carbocycles. The summed E-state index contributed by atoms with van der Waals surface area (Å²) >= 11 is 0. The van der Waals surface area contributed by atoms with Gasteiger partial charge >= 0.3 is 6.18 Å². The van der Waals surface area contributed by atoms with Crippen molar-refractivity contribution >= 4 is 29.9 Å². The highest BCUT2D eigenvalue weighted by molar-refractivity contribution is 14.0. The average molecular weight is 461 g/mol. The standard InChI is InChI=1S/C15H22F3N3O2.HI/c1-10-4-5-12(13(6-10)23-9-15(16,17)18)7-20-14(19)21-11(2)8-22-3;/h4-6,11H,7-9H2,1-3H3,(H3,19,20,21);1H. The molecule has 1 unspecified atom stereocenters. The molecule has 5 nitrogen and oxygen atoms in total. The quantitative estimate of drug-likeness (QED) is 0.372. The SMILES string of the molecule is COCC(C)NC(N)=NCc1ccc(C)cc1OCC(F)(F)F.I. The Labute approximate surface area is 156 Å². The molecule has 0 fully saturated rings. The molecular weight excluding hydrogens is 438 g/mol. The Kier molecular flexibility index (Phi) is 10.1. The molecule has 0 bridgehead atoms. The van der Waals surface area contributed by atoms with Gasteiger partial charge in [-0.2, -0.15) is 13.2 Å². The van der Waals surface area contributed by atoms with Crippen LogP contribution in [0.2, 0.25) is 0 Å². The highest BCUT2D eigenvalue weighted by Crippen LogP contribution is 2.24. The second-order valence-corrected chi connectivity index (χ2v) is 5.22. The summed E-state index contributed by atoms with van der Waals surface area (Å²) in [6, 6.07) is 4.98. The van der Waals surface area contributed by atoms with Gasteiger partial charge in [-0.25, -0.2) is 4.99 Å². The molecule has 0 spiro atoms. The maximum atomic E-state index is 12.3. The zero-order valence-electron chi connectivity index (χ0n) is 13.8. The van der Waals surface area contributed by atoms with Gasteiger partial charge in [0.25, 0.3) is 0 Å². The van der Waals surface area contributed by atoms with Gasteiger partial charge in [0.05, 0.1) is 13.2 Å². The summed E-state index contributed by atoms with van der Waals surface area (Å²) in [5.41, 5.74) is 7.07. The first-order valence-electron chi connectivity index (χ1n) is 7.05.